The lowest BCUT2D eigenvalue weighted by molar-refractivity contribution is -0.135. The molecule has 1 amide bonds. The summed E-state index contributed by atoms with van der Waals surface area (Å²) < 4.78 is 1.04. The van der Waals surface area contributed by atoms with E-state index >= 15 is 0 Å². The van der Waals surface area contributed by atoms with E-state index in [0.29, 0.717) is 0 Å². The van der Waals surface area contributed by atoms with Gasteiger partial charge in [-0.3, -0.25) is 4.79 Å². The van der Waals surface area contributed by atoms with E-state index in [4.69, 9.17) is 5.73 Å². The van der Waals surface area contributed by atoms with Crippen LogP contribution in [0.4, 0.5) is 0 Å². The third-order valence-electron chi connectivity index (χ3n) is 3.76. The second kappa shape index (κ2) is 5.63. The number of hydrogen-bond donors (Lipinski definition) is 1. The number of benzene rings is 1. The number of nitrogens with two attached hydrogens (primary N) is 1. The van der Waals surface area contributed by atoms with Gasteiger partial charge in [0.25, 0.3) is 0 Å². The zero-order chi connectivity index (χ0) is 14.0. The van der Waals surface area contributed by atoms with E-state index in [0.717, 1.165) is 35.8 Å². The first-order valence-electron chi connectivity index (χ1n) is 6.84. The Kier molecular flexibility index (Phi) is 4.31. The van der Waals surface area contributed by atoms with E-state index in [1.54, 1.807) is 0 Å². The Morgan fingerprint density at radius 3 is 2.63 bits per heavy atom. The van der Waals surface area contributed by atoms with E-state index in [1.165, 1.54) is 0 Å². The first-order chi connectivity index (χ1) is 8.99. The highest BCUT2D eigenvalue weighted by Gasteiger charge is 2.48. The molecule has 0 heterocycles. The van der Waals surface area contributed by atoms with Crippen LogP contribution in [0, 0.1) is 0 Å². The van der Waals surface area contributed by atoms with Gasteiger partial charge < -0.3 is 10.6 Å². The summed E-state index contributed by atoms with van der Waals surface area (Å²) in [6.07, 6.45) is 2.57. The second-order valence-electron chi connectivity index (χ2n) is 5.35. The predicted molar refractivity (Wildman–Crippen MR) is 80.7 cm³/mol. The van der Waals surface area contributed by atoms with Crippen LogP contribution in [0.25, 0.3) is 0 Å². The molecule has 0 aromatic heterocycles. The number of nitrogens with zero attached hydrogens (tertiary/aromatic N) is 1. The van der Waals surface area contributed by atoms with E-state index in [-0.39, 0.29) is 11.9 Å². The molecule has 0 bridgehead atoms. The van der Waals surface area contributed by atoms with Crippen molar-refractivity contribution in [2.45, 2.75) is 44.7 Å². The van der Waals surface area contributed by atoms with Crippen LogP contribution >= 0.6 is 15.9 Å². The van der Waals surface area contributed by atoms with Crippen molar-refractivity contribution in [1.29, 1.82) is 0 Å². The largest absolute Gasteiger partial charge is 0.334 e. The van der Waals surface area contributed by atoms with Gasteiger partial charge in [-0.25, -0.2) is 0 Å². The van der Waals surface area contributed by atoms with E-state index in [1.807, 2.05) is 23.1 Å². The minimum Gasteiger partial charge on any atom is -0.334 e. The molecule has 0 radical (unpaired) electrons. The van der Waals surface area contributed by atoms with Crippen LogP contribution in [0.3, 0.4) is 0 Å². The average molecular weight is 325 g/mol. The van der Waals surface area contributed by atoms with Crippen molar-refractivity contribution in [3.05, 3.63) is 34.3 Å². The van der Waals surface area contributed by atoms with Crippen LogP contribution in [0.5, 0.6) is 0 Å². The maximum Gasteiger partial charge on any atom is 0.243 e. The van der Waals surface area contributed by atoms with Gasteiger partial charge in [0.2, 0.25) is 5.91 Å². The van der Waals surface area contributed by atoms with Crippen molar-refractivity contribution < 1.29 is 4.79 Å². The molecular formula is C15H21BrN2O. The van der Waals surface area contributed by atoms with Crippen LogP contribution in [-0.2, 0) is 4.79 Å². The molecule has 1 fully saturated rings. The molecule has 1 atom stereocenters. The number of carbonyl (C=O) groups is 1. The minimum absolute atomic E-state index is 0.0454. The van der Waals surface area contributed by atoms with Crippen molar-refractivity contribution in [1.82, 2.24) is 4.90 Å². The number of amides is 1. The van der Waals surface area contributed by atoms with Gasteiger partial charge in [-0.05, 0) is 37.8 Å². The summed E-state index contributed by atoms with van der Waals surface area (Å²) in [7, 11) is 0. The molecule has 3 nitrogen and oxygen atoms in total. The fraction of sp³-hybridized carbons (Fsp3) is 0.533. The Morgan fingerprint density at radius 2 is 2.11 bits per heavy atom. The van der Waals surface area contributed by atoms with Crippen LogP contribution in [-0.4, -0.2) is 22.9 Å². The Hall–Kier alpha value is -0.870. The monoisotopic (exact) mass is 324 g/mol. The fourth-order valence-electron chi connectivity index (χ4n) is 2.33. The second-order valence-corrected chi connectivity index (χ2v) is 6.21. The molecule has 1 saturated carbocycles. The molecule has 0 spiro atoms. The molecule has 1 aliphatic rings. The Bertz CT molecular complexity index is 471. The summed E-state index contributed by atoms with van der Waals surface area (Å²) >= 11 is 3.56. The van der Waals surface area contributed by atoms with Gasteiger partial charge in [0, 0.05) is 11.0 Å². The minimum atomic E-state index is -0.593. The van der Waals surface area contributed by atoms with Crippen molar-refractivity contribution >= 4 is 21.8 Å². The molecule has 104 valence electrons. The molecule has 0 saturated heterocycles. The van der Waals surface area contributed by atoms with Crippen LogP contribution in [0.15, 0.2) is 28.7 Å². The average Bonchev–Trinajstić information content (AvgIpc) is 3.14. The Morgan fingerprint density at radius 1 is 1.47 bits per heavy atom. The van der Waals surface area contributed by atoms with Gasteiger partial charge in [0.05, 0.1) is 11.6 Å². The lowest BCUT2D eigenvalue weighted by Crippen LogP contribution is -2.47. The van der Waals surface area contributed by atoms with E-state index < -0.39 is 5.54 Å². The summed E-state index contributed by atoms with van der Waals surface area (Å²) in [6, 6.07) is 8.10. The van der Waals surface area contributed by atoms with E-state index in [2.05, 4.69) is 35.8 Å². The lowest BCUT2D eigenvalue weighted by Gasteiger charge is -2.32. The molecule has 2 rings (SSSR count). The number of carbonyl (C=O) groups excluding carboxylic acids is 1. The van der Waals surface area contributed by atoms with Crippen molar-refractivity contribution in [3.8, 4) is 0 Å². The standard InChI is InChI=1S/C15H21BrN2O/c1-3-10-18(14(19)15(17)8-9-15)11(2)12-6-4-5-7-13(12)16/h4-7,11H,3,8-10,17H2,1-2H3. The highest BCUT2D eigenvalue weighted by Crippen LogP contribution is 2.37. The summed E-state index contributed by atoms with van der Waals surface area (Å²) in [5.74, 6) is 0.0950. The zero-order valence-corrected chi connectivity index (χ0v) is 13.1. The number of hydrogen-bond acceptors (Lipinski definition) is 2. The van der Waals surface area contributed by atoms with Crippen LogP contribution in [0.2, 0.25) is 0 Å². The molecule has 19 heavy (non-hydrogen) atoms. The van der Waals surface area contributed by atoms with Gasteiger partial charge in [0.1, 0.15) is 0 Å². The molecule has 1 unspecified atom stereocenters. The van der Waals surface area contributed by atoms with Gasteiger partial charge >= 0.3 is 0 Å². The topological polar surface area (TPSA) is 46.3 Å². The van der Waals surface area contributed by atoms with Crippen molar-refractivity contribution in [2.75, 3.05) is 6.54 Å². The lowest BCUT2D eigenvalue weighted by atomic mass is 10.1. The van der Waals surface area contributed by atoms with E-state index in [9.17, 15) is 4.79 Å². The third-order valence-corrected chi connectivity index (χ3v) is 4.48. The van der Waals surface area contributed by atoms with Crippen molar-refractivity contribution in [2.24, 2.45) is 5.73 Å². The Balaban J connectivity index is 2.24. The fourth-order valence-corrected chi connectivity index (χ4v) is 2.94. The highest BCUT2D eigenvalue weighted by molar-refractivity contribution is 9.10. The summed E-state index contributed by atoms with van der Waals surface area (Å²) in [6.45, 7) is 4.91. The first kappa shape index (κ1) is 14.5. The quantitative estimate of drug-likeness (QED) is 0.903. The number of rotatable bonds is 5. The molecule has 1 aromatic carbocycles. The molecule has 0 aliphatic heterocycles. The molecule has 1 aliphatic carbocycles. The van der Waals surface area contributed by atoms with Gasteiger partial charge in [0.15, 0.2) is 0 Å². The maximum absolute atomic E-state index is 12.5. The van der Waals surface area contributed by atoms with Crippen LogP contribution in [0.1, 0.15) is 44.7 Å². The van der Waals surface area contributed by atoms with Gasteiger partial charge in [-0.2, -0.15) is 0 Å². The molecule has 4 heteroatoms. The van der Waals surface area contributed by atoms with Crippen LogP contribution < -0.4 is 5.73 Å². The molecule has 2 N–H and O–H groups in total. The SMILES string of the molecule is CCCN(C(=O)C1(N)CC1)C(C)c1ccccc1Br. The zero-order valence-electron chi connectivity index (χ0n) is 11.5. The highest BCUT2D eigenvalue weighted by atomic mass is 79.9. The summed E-state index contributed by atoms with van der Waals surface area (Å²) in [4.78, 5) is 14.5. The van der Waals surface area contributed by atoms with Crippen molar-refractivity contribution in [3.63, 3.8) is 0 Å². The molecular weight excluding hydrogens is 304 g/mol. The third kappa shape index (κ3) is 3.00. The smallest absolute Gasteiger partial charge is 0.243 e. The summed E-state index contributed by atoms with van der Waals surface area (Å²) in [5.41, 5.74) is 6.61. The normalized spacial score (nSPS) is 17.9. The maximum atomic E-state index is 12.5. The summed E-state index contributed by atoms with van der Waals surface area (Å²) in [5, 5.41) is 0. The van der Waals surface area contributed by atoms with Gasteiger partial charge in [-0.15, -0.1) is 0 Å². The molecule has 1 aromatic rings. The van der Waals surface area contributed by atoms with Gasteiger partial charge in [-0.1, -0.05) is 41.1 Å². The first-order valence-corrected chi connectivity index (χ1v) is 7.63. The predicted octanol–water partition coefficient (Wildman–Crippen LogP) is 3.24. The Labute approximate surface area is 123 Å². The number of halogens is 1.